The standard InChI is InChI=1S/C18H20N4O2/c23-18(24)16-15-8-4-5-9-22(15)17(20-16)14-11-21(12-19-14)10-13-6-2-1-3-7-13/h4-5,8-9,11-13H,1-3,6-7,10H2,(H,23,24). The molecule has 0 radical (unpaired) electrons. The maximum atomic E-state index is 11.4. The number of carbonyl (C=O) groups is 1. The molecule has 0 atom stereocenters. The predicted octanol–water partition coefficient (Wildman–Crippen LogP) is 3.48. The molecule has 24 heavy (non-hydrogen) atoms. The SMILES string of the molecule is O=C(O)c1nc(-c2cn(CC3CCCCC3)cn2)n2ccccc12. The Kier molecular flexibility index (Phi) is 3.80. The van der Waals surface area contributed by atoms with Crippen LogP contribution in [0.4, 0.5) is 0 Å². The minimum Gasteiger partial charge on any atom is -0.476 e. The zero-order chi connectivity index (χ0) is 16.5. The van der Waals surface area contributed by atoms with E-state index in [1.807, 2.05) is 30.9 Å². The average molecular weight is 324 g/mol. The third-order valence-electron chi connectivity index (χ3n) is 4.81. The van der Waals surface area contributed by atoms with Gasteiger partial charge in [0.2, 0.25) is 0 Å². The Morgan fingerprint density at radius 1 is 1.25 bits per heavy atom. The van der Waals surface area contributed by atoms with Gasteiger partial charge in [0, 0.05) is 18.9 Å². The highest BCUT2D eigenvalue weighted by Gasteiger charge is 2.19. The Morgan fingerprint density at radius 2 is 2.08 bits per heavy atom. The molecule has 3 heterocycles. The van der Waals surface area contributed by atoms with Crippen molar-refractivity contribution < 1.29 is 9.90 Å². The third kappa shape index (κ3) is 2.68. The smallest absolute Gasteiger partial charge is 0.356 e. The Morgan fingerprint density at radius 3 is 2.88 bits per heavy atom. The first-order valence-electron chi connectivity index (χ1n) is 8.45. The quantitative estimate of drug-likeness (QED) is 0.797. The van der Waals surface area contributed by atoms with Gasteiger partial charge >= 0.3 is 5.97 Å². The van der Waals surface area contributed by atoms with Crippen molar-refractivity contribution in [3.8, 4) is 11.5 Å². The van der Waals surface area contributed by atoms with Gasteiger partial charge in [0.05, 0.1) is 11.8 Å². The highest BCUT2D eigenvalue weighted by molar-refractivity contribution is 5.94. The molecule has 0 bridgehead atoms. The topological polar surface area (TPSA) is 72.4 Å². The second-order valence-electron chi connectivity index (χ2n) is 6.50. The Hall–Kier alpha value is -2.63. The van der Waals surface area contributed by atoms with Crippen molar-refractivity contribution in [2.24, 2.45) is 5.92 Å². The van der Waals surface area contributed by atoms with E-state index in [4.69, 9.17) is 0 Å². The van der Waals surface area contributed by atoms with Crippen molar-refractivity contribution >= 4 is 11.5 Å². The summed E-state index contributed by atoms with van der Waals surface area (Å²) in [5.41, 5.74) is 1.36. The summed E-state index contributed by atoms with van der Waals surface area (Å²) in [6.45, 7) is 0.974. The summed E-state index contributed by atoms with van der Waals surface area (Å²) < 4.78 is 3.90. The summed E-state index contributed by atoms with van der Waals surface area (Å²) in [7, 11) is 0. The van der Waals surface area contributed by atoms with Crippen LogP contribution in [0.2, 0.25) is 0 Å². The number of imidazole rings is 2. The monoisotopic (exact) mass is 324 g/mol. The summed E-state index contributed by atoms with van der Waals surface area (Å²) in [6.07, 6.45) is 12.2. The molecule has 3 aromatic rings. The number of aromatic nitrogens is 4. The van der Waals surface area contributed by atoms with E-state index in [2.05, 4.69) is 14.5 Å². The molecule has 1 N–H and O–H groups in total. The van der Waals surface area contributed by atoms with E-state index in [0.717, 1.165) is 6.54 Å². The van der Waals surface area contributed by atoms with Crippen LogP contribution in [0.1, 0.15) is 42.6 Å². The van der Waals surface area contributed by atoms with Gasteiger partial charge in [0.25, 0.3) is 0 Å². The fourth-order valence-electron chi connectivity index (χ4n) is 3.62. The second kappa shape index (κ2) is 6.11. The minimum atomic E-state index is -1.02. The van der Waals surface area contributed by atoms with Crippen LogP contribution in [0.15, 0.2) is 36.9 Å². The zero-order valence-corrected chi connectivity index (χ0v) is 13.4. The van der Waals surface area contributed by atoms with Crippen molar-refractivity contribution in [2.45, 2.75) is 38.6 Å². The summed E-state index contributed by atoms with van der Waals surface area (Å²) in [4.78, 5) is 20.2. The van der Waals surface area contributed by atoms with Crippen LogP contribution in [-0.2, 0) is 6.54 Å². The maximum Gasteiger partial charge on any atom is 0.356 e. The van der Waals surface area contributed by atoms with E-state index in [-0.39, 0.29) is 5.69 Å². The van der Waals surface area contributed by atoms with Gasteiger partial charge in [-0.05, 0) is 30.9 Å². The first-order valence-corrected chi connectivity index (χ1v) is 8.45. The van der Waals surface area contributed by atoms with Gasteiger partial charge in [-0.2, -0.15) is 0 Å². The second-order valence-corrected chi connectivity index (χ2v) is 6.50. The molecular formula is C18H20N4O2. The lowest BCUT2D eigenvalue weighted by atomic mass is 9.89. The van der Waals surface area contributed by atoms with Gasteiger partial charge in [-0.25, -0.2) is 14.8 Å². The molecule has 3 aromatic heterocycles. The Bertz CT molecular complexity index is 874. The molecule has 124 valence electrons. The number of carboxylic acid groups (broad SMARTS) is 1. The summed E-state index contributed by atoms with van der Waals surface area (Å²) in [5.74, 6) is 0.268. The Balaban J connectivity index is 1.67. The molecule has 0 saturated heterocycles. The number of rotatable bonds is 4. The lowest BCUT2D eigenvalue weighted by Crippen LogP contribution is -2.12. The number of pyridine rings is 1. The molecule has 0 aromatic carbocycles. The lowest BCUT2D eigenvalue weighted by Gasteiger charge is -2.21. The van der Waals surface area contributed by atoms with Crippen LogP contribution in [0.25, 0.3) is 17.0 Å². The molecule has 1 aliphatic carbocycles. The zero-order valence-electron chi connectivity index (χ0n) is 13.4. The minimum absolute atomic E-state index is 0.0624. The number of aromatic carboxylic acids is 1. The highest BCUT2D eigenvalue weighted by Crippen LogP contribution is 2.26. The van der Waals surface area contributed by atoms with E-state index in [9.17, 15) is 9.90 Å². The van der Waals surface area contributed by atoms with Gasteiger partial charge in [-0.15, -0.1) is 0 Å². The molecule has 1 aliphatic rings. The summed E-state index contributed by atoms with van der Waals surface area (Å²) in [6, 6.07) is 5.44. The summed E-state index contributed by atoms with van der Waals surface area (Å²) in [5, 5.41) is 9.36. The number of hydrogen-bond acceptors (Lipinski definition) is 3. The van der Waals surface area contributed by atoms with Gasteiger partial charge in [-0.3, -0.25) is 4.40 Å². The molecule has 1 fully saturated rings. The van der Waals surface area contributed by atoms with Crippen LogP contribution < -0.4 is 0 Å². The van der Waals surface area contributed by atoms with Crippen molar-refractivity contribution in [1.82, 2.24) is 18.9 Å². The fraction of sp³-hybridized carbons (Fsp3) is 0.389. The van der Waals surface area contributed by atoms with Gasteiger partial charge in [0.15, 0.2) is 11.5 Å². The molecule has 6 nitrogen and oxygen atoms in total. The first kappa shape index (κ1) is 14.9. The Labute approximate surface area is 139 Å². The van der Waals surface area contributed by atoms with Gasteiger partial charge in [-0.1, -0.05) is 25.3 Å². The molecule has 0 amide bonds. The van der Waals surface area contributed by atoms with Crippen molar-refractivity contribution in [3.63, 3.8) is 0 Å². The van der Waals surface area contributed by atoms with E-state index >= 15 is 0 Å². The molecule has 1 saturated carbocycles. The van der Waals surface area contributed by atoms with E-state index in [0.29, 0.717) is 23.0 Å². The van der Waals surface area contributed by atoms with Gasteiger partial charge < -0.3 is 9.67 Å². The molecular weight excluding hydrogens is 304 g/mol. The average Bonchev–Trinajstić information content (AvgIpc) is 3.20. The maximum absolute atomic E-state index is 11.4. The summed E-state index contributed by atoms with van der Waals surface area (Å²) >= 11 is 0. The lowest BCUT2D eigenvalue weighted by molar-refractivity contribution is 0.0693. The van der Waals surface area contributed by atoms with Crippen molar-refractivity contribution in [3.05, 3.63) is 42.6 Å². The van der Waals surface area contributed by atoms with E-state index in [1.165, 1.54) is 32.1 Å². The van der Waals surface area contributed by atoms with Gasteiger partial charge in [0.1, 0.15) is 5.69 Å². The number of hydrogen-bond donors (Lipinski definition) is 1. The van der Waals surface area contributed by atoms with Crippen LogP contribution >= 0.6 is 0 Å². The molecule has 0 unspecified atom stereocenters. The number of nitrogens with zero attached hydrogens (tertiary/aromatic N) is 4. The number of fused-ring (bicyclic) bond motifs is 1. The predicted molar refractivity (Wildman–Crippen MR) is 89.9 cm³/mol. The number of carboxylic acids is 1. The molecule has 0 aliphatic heterocycles. The largest absolute Gasteiger partial charge is 0.476 e. The van der Waals surface area contributed by atoms with Crippen LogP contribution in [0, 0.1) is 5.92 Å². The van der Waals surface area contributed by atoms with Crippen LogP contribution in [0.5, 0.6) is 0 Å². The highest BCUT2D eigenvalue weighted by atomic mass is 16.4. The van der Waals surface area contributed by atoms with E-state index in [1.54, 1.807) is 10.5 Å². The van der Waals surface area contributed by atoms with Crippen LogP contribution in [0.3, 0.4) is 0 Å². The molecule has 4 rings (SSSR count). The fourth-order valence-corrected chi connectivity index (χ4v) is 3.62. The normalized spacial score (nSPS) is 15.8. The first-order chi connectivity index (χ1) is 11.7. The third-order valence-corrected chi connectivity index (χ3v) is 4.81. The van der Waals surface area contributed by atoms with Crippen molar-refractivity contribution in [2.75, 3.05) is 0 Å². The van der Waals surface area contributed by atoms with E-state index < -0.39 is 5.97 Å². The molecule has 0 spiro atoms. The molecule has 6 heteroatoms. The van der Waals surface area contributed by atoms with Crippen LogP contribution in [-0.4, -0.2) is 30.0 Å². The van der Waals surface area contributed by atoms with Crippen molar-refractivity contribution in [1.29, 1.82) is 0 Å².